The van der Waals surface area contributed by atoms with E-state index in [-0.39, 0.29) is 0 Å². The second kappa shape index (κ2) is 5.78. The zero-order valence-electron chi connectivity index (χ0n) is 7.65. The lowest BCUT2D eigenvalue weighted by atomic mass is 10.1. The van der Waals surface area contributed by atoms with Gasteiger partial charge in [-0.2, -0.15) is 0 Å². The van der Waals surface area contributed by atoms with Crippen molar-refractivity contribution in [2.24, 2.45) is 0 Å². The molecule has 0 amide bonds. The topological polar surface area (TPSA) is 12.0 Å². The number of hydrogen-bond donors (Lipinski definition) is 1. The molecule has 11 heavy (non-hydrogen) atoms. The van der Waals surface area contributed by atoms with Gasteiger partial charge >= 0.3 is 0 Å². The standard InChI is InChI=1S/C10H17N/c1-5-8-9(6-2)10(7-3)11-4/h6-8,11H,2,5H2,1,3-4H3/b9-8-,10-7+. The average Bonchev–Trinajstić information content (AvgIpc) is 2.05. The average molecular weight is 151 g/mol. The third-order valence-corrected chi connectivity index (χ3v) is 1.51. The van der Waals surface area contributed by atoms with Crippen LogP contribution in [0.15, 0.2) is 36.1 Å². The fraction of sp³-hybridized carbons (Fsp3) is 0.400. The Kier molecular flexibility index (Phi) is 5.26. The van der Waals surface area contributed by atoms with Crippen molar-refractivity contribution in [2.75, 3.05) is 7.05 Å². The van der Waals surface area contributed by atoms with Gasteiger partial charge in [0.1, 0.15) is 0 Å². The molecule has 62 valence electrons. The van der Waals surface area contributed by atoms with Gasteiger partial charge in [0.05, 0.1) is 0 Å². The van der Waals surface area contributed by atoms with E-state index in [0.717, 1.165) is 12.1 Å². The predicted octanol–water partition coefficient (Wildman–Crippen LogP) is 2.63. The number of allylic oxidation sites excluding steroid dienone is 3. The van der Waals surface area contributed by atoms with Gasteiger partial charge in [0.15, 0.2) is 0 Å². The molecule has 1 nitrogen and oxygen atoms in total. The van der Waals surface area contributed by atoms with Gasteiger partial charge in [-0.1, -0.05) is 31.7 Å². The van der Waals surface area contributed by atoms with Crippen molar-refractivity contribution < 1.29 is 0 Å². The Morgan fingerprint density at radius 1 is 1.55 bits per heavy atom. The maximum Gasteiger partial charge on any atom is 0.0364 e. The van der Waals surface area contributed by atoms with Gasteiger partial charge in [0.25, 0.3) is 0 Å². The van der Waals surface area contributed by atoms with Crippen LogP contribution in [-0.4, -0.2) is 7.05 Å². The quantitative estimate of drug-likeness (QED) is 0.609. The van der Waals surface area contributed by atoms with Crippen LogP contribution in [0.25, 0.3) is 0 Å². The largest absolute Gasteiger partial charge is 0.388 e. The van der Waals surface area contributed by atoms with Gasteiger partial charge in [-0.05, 0) is 18.9 Å². The van der Waals surface area contributed by atoms with Gasteiger partial charge in [-0.3, -0.25) is 0 Å². The molecule has 0 saturated heterocycles. The van der Waals surface area contributed by atoms with Gasteiger partial charge in [-0.25, -0.2) is 0 Å². The molecular weight excluding hydrogens is 134 g/mol. The maximum absolute atomic E-state index is 3.75. The minimum absolute atomic E-state index is 1.04. The summed E-state index contributed by atoms with van der Waals surface area (Å²) in [6, 6.07) is 0. The zero-order chi connectivity index (χ0) is 8.69. The summed E-state index contributed by atoms with van der Waals surface area (Å²) in [4.78, 5) is 0. The second-order valence-electron chi connectivity index (χ2n) is 2.22. The second-order valence-corrected chi connectivity index (χ2v) is 2.22. The van der Waals surface area contributed by atoms with Gasteiger partial charge in [0, 0.05) is 12.7 Å². The van der Waals surface area contributed by atoms with Crippen molar-refractivity contribution >= 4 is 0 Å². The minimum Gasteiger partial charge on any atom is -0.388 e. The Morgan fingerprint density at radius 2 is 2.18 bits per heavy atom. The Morgan fingerprint density at radius 3 is 2.45 bits per heavy atom. The summed E-state index contributed by atoms with van der Waals surface area (Å²) in [6.45, 7) is 7.88. The van der Waals surface area contributed by atoms with Crippen molar-refractivity contribution in [2.45, 2.75) is 20.3 Å². The summed E-state index contributed by atoms with van der Waals surface area (Å²) in [6.07, 6.45) is 7.11. The van der Waals surface area contributed by atoms with Crippen LogP contribution in [0.3, 0.4) is 0 Å². The summed E-state index contributed by atoms with van der Waals surface area (Å²) < 4.78 is 0. The molecule has 0 aromatic carbocycles. The molecule has 0 radical (unpaired) electrons. The molecule has 0 rings (SSSR count). The highest BCUT2D eigenvalue weighted by Crippen LogP contribution is 2.07. The van der Waals surface area contributed by atoms with E-state index in [4.69, 9.17) is 0 Å². The summed E-state index contributed by atoms with van der Waals surface area (Å²) in [5.41, 5.74) is 2.32. The van der Waals surface area contributed by atoms with Crippen molar-refractivity contribution in [1.29, 1.82) is 0 Å². The molecule has 0 aliphatic rings. The fourth-order valence-electron chi connectivity index (χ4n) is 0.979. The molecule has 0 aliphatic carbocycles. The summed E-state index contributed by atoms with van der Waals surface area (Å²) in [5, 5.41) is 3.11. The smallest absolute Gasteiger partial charge is 0.0364 e. The van der Waals surface area contributed by atoms with Crippen LogP contribution in [0.2, 0.25) is 0 Å². The highest BCUT2D eigenvalue weighted by Gasteiger charge is 1.94. The van der Waals surface area contributed by atoms with Crippen molar-refractivity contribution in [1.82, 2.24) is 5.32 Å². The van der Waals surface area contributed by atoms with Gasteiger partial charge in [-0.15, -0.1) is 0 Å². The maximum atomic E-state index is 3.75. The molecule has 1 N–H and O–H groups in total. The van der Waals surface area contributed by atoms with E-state index < -0.39 is 0 Å². The van der Waals surface area contributed by atoms with Crippen LogP contribution in [0.5, 0.6) is 0 Å². The molecule has 0 unspecified atom stereocenters. The fourth-order valence-corrected chi connectivity index (χ4v) is 0.979. The first kappa shape index (κ1) is 10.0. The molecule has 0 heterocycles. The van der Waals surface area contributed by atoms with Crippen LogP contribution in [0, 0.1) is 0 Å². The van der Waals surface area contributed by atoms with E-state index in [2.05, 4.69) is 24.9 Å². The lowest BCUT2D eigenvalue weighted by Crippen LogP contribution is -2.06. The molecule has 1 heteroatoms. The third kappa shape index (κ3) is 3.08. The summed E-state index contributed by atoms with van der Waals surface area (Å²) >= 11 is 0. The third-order valence-electron chi connectivity index (χ3n) is 1.51. The van der Waals surface area contributed by atoms with E-state index in [1.807, 2.05) is 26.1 Å². The summed E-state index contributed by atoms with van der Waals surface area (Å²) in [7, 11) is 1.92. The Bertz CT molecular complexity index is 175. The Balaban J connectivity index is 4.48. The van der Waals surface area contributed by atoms with Gasteiger partial charge < -0.3 is 5.32 Å². The SMILES string of the molecule is C=CC(=C/CC)/C(=C\C)NC. The first-order chi connectivity index (χ1) is 5.29. The van der Waals surface area contributed by atoms with E-state index in [1.165, 1.54) is 5.57 Å². The molecule has 0 spiro atoms. The monoisotopic (exact) mass is 151 g/mol. The van der Waals surface area contributed by atoms with Crippen LogP contribution in [-0.2, 0) is 0 Å². The van der Waals surface area contributed by atoms with Crippen molar-refractivity contribution in [3.8, 4) is 0 Å². The minimum atomic E-state index is 1.04. The summed E-state index contributed by atoms with van der Waals surface area (Å²) in [5.74, 6) is 0. The highest BCUT2D eigenvalue weighted by molar-refractivity contribution is 5.36. The number of likely N-dealkylation sites (N-methyl/N-ethyl adjacent to an activating group) is 1. The predicted molar refractivity (Wildman–Crippen MR) is 51.4 cm³/mol. The van der Waals surface area contributed by atoms with Crippen LogP contribution >= 0.6 is 0 Å². The molecule has 0 aromatic heterocycles. The van der Waals surface area contributed by atoms with Crippen molar-refractivity contribution in [3.63, 3.8) is 0 Å². The van der Waals surface area contributed by atoms with Crippen LogP contribution in [0.1, 0.15) is 20.3 Å². The number of nitrogens with one attached hydrogen (secondary N) is 1. The lowest BCUT2D eigenvalue weighted by molar-refractivity contribution is 1.000. The van der Waals surface area contributed by atoms with E-state index in [0.29, 0.717) is 0 Å². The van der Waals surface area contributed by atoms with E-state index in [1.54, 1.807) is 0 Å². The first-order valence-electron chi connectivity index (χ1n) is 3.97. The van der Waals surface area contributed by atoms with E-state index in [9.17, 15) is 0 Å². The van der Waals surface area contributed by atoms with Crippen molar-refractivity contribution in [3.05, 3.63) is 36.1 Å². The Hall–Kier alpha value is -0.980. The van der Waals surface area contributed by atoms with E-state index >= 15 is 0 Å². The zero-order valence-corrected chi connectivity index (χ0v) is 7.65. The molecular formula is C10H17N. The van der Waals surface area contributed by atoms with Crippen LogP contribution < -0.4 is 5.32 Å². The molecule has 0 aromatic rings. The van der Waals surface area contributed by atoms with Crippen LogP contribution in [0.4, 0.5) is 0 Å². The Labute approximate surface area is 69.5 Å². The lowest BCUT2D eigenvalue weighted by Gasteiger charge is -2.05. The van der Waals surface area contributed by atoms with Gasteiger partial charge in [0.2, 0.25) is 0 Å². The normalized spacial score (nSPS) is 13.0. The molecule has 0 saturated carbocycles. The first-order valence-corrected chi connectivity index (χ1v) is 3.97. The highest BCUT2D eigenvalue weighted by atomic mass is 14.8. The molecule has 0 bridgehead atoms. The number of rotatable bonds is 4. The number of hydrogen-bond acceptors (Lipinski definition) is 1. The molecule has 0 atom stereocenters. The molecule has 0 fully saturated rings. The molecule has 0 aliphatic heterocycles.